The van der Waals surface area contributed by atoms with E-state index in [1.807, 2.05) is 13.0 Å². The van der Waals surface area contributed by atoms with Crippen LogP contribution >= 0.6 is 22.9 Å². The van der Waals surface area contributed by atoms with Gasteiger partial charge in [-0.3, -0.25) is 0 Å². The summed E-state index contributed by atoms with van der Waals surface area (Å²) in [6.45, 7) is 2.36. The summed E-state index contributed by atoms with van der Waals surface area (Å²) in [4.78, 5) is 4.89. The molecular formula is C12H9ClN2OS. The normalized spacial score (nSPS) is 9.94. The third-order valence-corrected chi connectivity index (χ3v) is 3.30. The Kier molecular flexibility index (Phi) is 3.62. The molecule has 0 N–H and O–H groups in total. The summed E-state index contributed by atoms with van der Waals surface area (Å²) in [7, 11) is 0. The van der Waals surface area contributed by atoms with Crippen molar-refractivity contribution in [2.24, 2.45) is 0 Å². The SMILES string of the molecule is Cc1ccc(C#N)cc1OCc1cnc(Cl)s1. The Morgan fingerprint density at radius 1 is 1.53 bits per heavy atom. The number of benzene rings is 1. The van der Waals surface area contributed by atoms with E-state index in [-0.39, 0.29) is 0 Å². The van der Waals surface area contributed by atoms with Crippen molar-refractivity contribution in [1.29, 1.82) is 5.26 Å². The lowest BCUT2D eigenvalue weighted by atomic mass is 10.1. The van der Waals surface area contributed by atoms with Crippen molar-refractivity contribution in [2.45, 2.75) is 13.5 Å². The Hall–Kier alpha value is -1.57. The van der Waals surface area contributed by atoms with Crippen LogP contribution in [-0.2, 0) is 6.61 Å². The number of aromatic nitrogens is 1. The van der Waals surface area contributed by atoms with E-state index in [2.05, 4.69) is 11.1 Å². The zero-order chi connectivity index (χ0) is 12.3. The maximum absolute atomic E-state index is 8.81. The summed E-state index contributed by atoms with van der Waals surface area (Å²) in [5, 5.41) is 8.81. The maximum Gasteiger partial charge on any atom is 0.183 e. The molecule has 2 aromatic rings. The molecule has 1 aromatic carbocycles. The smallest absolute Gasteiger partial charge is 0.183 e. The molecule has 0 aliphatic rings. The summed E-state index contributed by atoms with van der Waals surface area (Å²) in [6, 6.07) is 7.46. The van der Waals surface area contributed by atoms with Gasteiger partial charge in [0.15, 0.2) is 4.47 Å². The molecule has 1 heterocycles. The van der Waals surface area contributed by atoms with Crippen LogP contribution in [0.15, 0.2) is 24.4 Å². The number of aryl methyl sites for hydroxylation is 1. The third-order valence-electron chi connectivity index (χ3n) is 2.21. The van der Waals surface area contributed by atoms with Crippen LogP contribution in [0.4, 0.5) is 0 Å². The van der Waals surface area contributed by atoms with Crippen molar-refractivity contribution in [3.05, 3.63) is 44.9 Å². The first kappa shape index (κ1) is 11.9. The van der Waals surface area contributed by atoms with E-state index >= 15 is 0 Å². The van der Waals surface area contributed by atoms with Gasteiger partial charge in [0.1, 0.15) is 12.4 Å². The number of halogens is 1. The molecule has 0 spiro atoms. The van der Waals surface area contributed by atoms with Crippen LogP contribution in [-0.4, -0.2) is 4.98 Å². The van der Waals surface area contributed by atoms with E-state index in [4.69, 9.17) is 21.6 Å². The first-order valence-corrected chi connectivity index (χ1v) is 6.12. The molecule has 0 amide bonds. The Bertz CT molecular complexity index is 574. The number of rotatable bonds is 3. The lowest BCUT2D eigenvalue weighted by Gasteiger charge is -2.07. The average molecular weight is 265 g/mol. The second-order valence-electron chi connectivity index (χ2n) is 3.46. The fourth-order valence-corrected chi connectivity index (χ4v) is 2.22. The molecule has 0 saturated carbocycles. The fourth-order valence-electron chi connectivity index (χ4n) is 1.32. The molecular weight excluding hydrogens is 256 g/mol. The maximum atomic E-state index is 8.81. The Morgan fingerprint density at radius 3 is 3.00 bits per heavy atom. The summed E-state index contributed by atoms with van der Waals surface area (Å²) in [5.74, 6) is 0.716. The quantitative estimate of drug-likeness (QED) is 0.852. The Labute approximate surface area is 108 Å². The van der Waals surface area contributed by atoms with Gasteiger partial charge in [-0.15, -0.1) is 11.3 Å². The van der Waals surface area contributed by atoms with Crippen molar-refractivity contribution >= 4 is 22.9 Å². The van der Waals surface area contributed by atoms with E-state index in [1.165, 1.54) is 11.3 Å². The standard InChI is InChI=1S/C12H9ClN2OS/c1-8-2-3-9(5-14)4-11(8)16-7-10-6-15-12(13)17-10/h2-4,6H,7H2,1H3. The highest BCUT2D eigenvalue weighted by molar-refractivity contribution is 7.15. The van der Waals surface area contributed by atoms with Crippen molar-refractivity contribution in [1.82, 2.24) is 4.98 Å². The molecule has 5 heteroatoms. The minimum absolute atomic E-state index is 0.417. The van der Waals surface area contributed by atoms with E-state index < -0.39 is 0 Å². The molecule has 0 aliphatic carbocycles. The van der Waals surface area contributed by atoms with Gasteiger partial charge in [0, 0.05) is 6.20 Å². The molecule has 0 radical (unpaired) electrons. The largest absolute Gasteiger partial charge is 0.488 e. The Morgan fingerprint density at radius 2 is 2.35 bits per heavy atom. The van der Waals surface area contributed by atoms with Crippen LogP contribution in [0.1, 0.15) is 16.0 Å². The highest BCUT2D eigenvalue weighted by Gasteiger charge is 2.04. The van der Waals surface area contributed by atoms with Gasteiger partial charge in [0.2, 0.25) is 0 Å². The number of nitrogens with zero attached hydrogens (tertiary/aromatic N) is 2. The first-order valence-electron chi connectivity index (χ1n) is 4.93. The van der Waals surface area contributed by atoms with Gasteiger partial charge in [-0.05, 0) is 24.6 Å². The minimum atomic E-state index is 0.417. The summed E-state index contributed by atoms with van der Waals surface area (Å²) in [5.41, 5.74) is 1.59. The van der Waals surface area contributed by atoms with Crippen LogP contribution in [0, 0.1) is 18.3 Å². The second-order valence-corrected chi connectivity index (χ2v) is 5.16. The molecule has 1 aromatic heterocycles. The highest BCUT2D eigenvalue weighted by atomic mass is 35.5. The zero-order valence-electron chi connectivity index (χ0n) is 9.11. The van der Waals surface area contributed by atoms with Crippen molar-refractivity contribution in [3.63, 3.8) is 0 Å². The van der Waals surface area contributed by atoms with E-state index in [9.17, 15) is 0 Å². The van der Waals surface area contributed by atoms with Crippen LogP contribution in [0.3, 0.4) is 0 Å². The van der Waals surface area contributed by atoms with Gasteiger partial charge in [0.05, 0.1) is 16.5 Å². The van der Waals surface area contributed by atoms with Gasteiger partial charge < -0.3 is 4.74 Å². The molecule has 0 saturated heterocycles. The van der Waals surface area contributed by atoms with Crippen molar-refractivity contribution in [3.8, 4) is 11.8 Å². The molecule has 0 fully saturated rings. The molecule has 0 bridgehead atoms. The minimum Gasteiger partial charge on any atom is -0.488 e. The summed E-state index contributed by atoms with van der Waals surface area (Å²) < 4.78 is 6.14. The average Bonchev–Trinajstić information content (AvgIpc) is 2.74. The van der Waals surface area contributed by atoms with Crippen molar-refractivity contribution < 1.29 is 4.74 Å². The highest BCUT2D eigenvalue weighted by Crippen LogP contribution is 2.23. The predicted octanol–water partition coefficient (Wildman–Crippen LogP) is 3.56. The fraction of sp³-hybridized carbons (Fsp3) is 0.167. The van der Waals surface area contributed by atoms with E-state index in [1.54, 1.807) is 18.3 Å². The molecule has 17 heavy (non-hydrogen) atoms. The summed E-state index contributed by atoms with van der Waals surface area (Å²) in [6.07, 6.45) is 1.69. The van der Waals surface area contributed by atoms with Crippen molar-refractivity contribution in [2.75, 3.05) is 0 Å². The van der Waals surface area contributed by atoms with E-state index in [0.29, 0.717) is 22.4 Å². The zero-order valence-corrected chi connectivity index (χ0v) is 10.7. The van der Waals surface area contributed by atoms with Crippen LogP contribution in [0.5, 0.6) is 5.75 Å². The molecule has 0 unspecified atom stereocenters. The Balaban J connectivity index is 2.11. The van der Waals surface area contributed by atoms with Crippen LogP contribution < -0.4 is 4.74 Å². The monoisotopic (exact) mass is 264 g/mol. The number of hydrogen-bond donors (Lipinski definition) is 0. The molecule has 0 atom stereocenters. The molecule has 2 rings (SSSR count). The second kappa shape index (κ2) is 5.17. The van der Waals surface area contributed by atoms with Gasteiger partial charge in [-0.1, -0.05) is 17.7 Å². The van der Waals surface area contributed by atoms with Crippen LogP contribution in [0.25, 0.3) is 0 Å². The molecule has 86 valence electrons. The number of hydrogen-bond acceptors (Lipinski definition) is 4. The predicted molar refractivity (Wildman–Crippen MR) is 67.4 cm³/mol. The van der Waals surface area contributed by atoms with Gasteiger partial charge in [-0.25, -0.2) is 4.98 Å². The van der Waals surface area contributed by atoms with E-state index in [0.717, 1.165) is 10.4 Å². The first-order chi connectivity index (χ1) is 8.19. The van der Waals surface area contributed by atoms with Gasteiger partial charge >= 0.3 is 0 Å². The lowest BCUT2D eigenvalue weighted by molar-refractivity contribution is 0.307. The molecule has 0 aliphatic heterocycles. The number of thiazole rings is 1. The van der Waals surface area contributed by atoms with Gasteiger partial charge in [-0.2, -0.15) is 5.26 Å². The topological polar surface area (TPSA) is 45.9 Å². The third kappa shape index (κ3) is 2.96. The van der Waals surface area contributed by atoms with Gasteiger partial charge in [0.25, 0.3) is 0 Å². The summed E-state index contributed by atoms with van der Waals surface area (Å²) >= 11 is 7.12. The van der Waals surface area contributed by atoms with Crippen LogP contribution in [0.2, 0.25) is 4.47 Å². The molecule has 3 nitrogen and oxygen atoms in total. The number of nitriles is 1. The number of ether oxygens (including phenoxy) is 1. The lowest BCUT2D eigenvalue weighted by Crippen LogP contribution is -1.95.